The zero-order valence-electron chi connectivity index (χ0n) is 14.7. The topological polar surface area (TPSA) is 69.5 Å². The van der Waals surface area contributed by atoms with Crippen molar-refractivity contribution in [3.8, 4) is 0 Å². The standard InChI is InChI=1S/C17H28N4O3/c1-3-20-12-18-19-17(20)15-10-21(7-8-23-15)16(22)11-24-14-6-4-5-13(2)9-14/h12-15H,3-11H2,1-2H3. The number of hydrogen-bond acceptors (Lipinski definition) is 5. The first-order valence-electron chi connectivity index (χ1n) is 9.06. The number of rotatable bonds is 5. The van der Waals surface area contributed by atoms with Crippen LogP contribution in [-0.2, 0) is 20.8 Å². The predicted octanol–water partition coefficient (Wildman–Crippen LogP) is 1.79. The monoisotopic (exact) mass is 336 g/mol. The molecule has 0 aromatic carbocycles. The third kappa shape index (κ3) is 4.13. The predicted molar refractivity (Wildman–Crippen MR) is 88.3 cm³/mol. The van der Waals surface area contributed by atoms with E-state index < -0.39 is 0 Å². The highest BCUT2D eigenvalue weighted by atomic mass is 16.5. The van der Waals surface area contributed by atoms with Gasteiger partial charge in [-0.1, -0.05) is 19.8 Å². The van der Waals surface area contributed by atoms with Crippen molar-refractivity contribution in [2.24, 2.45) is 5.92 Å². The maximum Gasteiger partial charge on any atom is 0.248 e. The highest BCUT2D eigenvalue weighted by Gasteiger charge is 2.29. The minimum atomic E-state index is -0.208. The van der Waals surface area contributed by atoms with Crippen LogP contribution in [-0.4, -0.2) is 58.0 Å². The lowest BCUT2D eigenvalue weighted by molar-refractivity contribution is -0.147. The van der Waals surface area contributed by atoms with Gasteiger partial charge in [0, 0.05) is 13.1 Å². The van der Waals surface area contributed by atoms with Gasteiger partial charge in [-0.05, 0) is 25.7 Å². The molecule has 0 bridgehead atoms. The maximum absolute atomic E-state index is 12.5. The molecule has 1 saturated carbocycles. The Kier molecular flexibility index (Phi) is 5.84. The lowest BCUT2D eigenvalue weighted by atomic mass is 9.89. The Hall–Kier alpha value is -1.47. The molecule has 3 atom stereocenters. The first kappa shape index (κ1) is 17.4. The van der Waals surface area contributed by atoms with Crippen LogP contribution in [0.2, 0.25) is 0 Å². The average molecular weight is 336 g/mol. The first-order valence-corrected chi connectivity index (χ1v) is 9.06. The molecular weight excluding hydrogens is 308 g/mol. The number of carbonyl (C=O) groups excluding carboxylic acids is 1. The van der Waals surface area contributed by atoms with Gasteiger partial charge in [-0.3, -0.25) is 4.79 Å². The summed E-state index contributed by atoms with van der Waals surface area (Å²) in [5.74, 6) is 1.54. The van der Waals surface area contributed by atoms with Crippen LogP contribution in [0.5, 0.6) is 0 Å². The van der Waals surface area contributed by atoms with E-state index in [1.54, 1.807) is 6.33 Å². The second-order valence-corrected chi connectivity index (χ2v) is 6.88. The Bertz CT molecular complexity index is 548. The zero-order chi connectivity index (χ0) is 16.9. The number of nitrogens with zero attached hydrogens (tertiary/aromatic N) is 4. The number of hydrogen-bond donors (Lipinski definition) is 0. The first-order chi connectivity index (χ1) is 11.7. The minimum absolute atomic E-state index is 0.0455. The van der Waals surface area contributed by atoms with Gasteiger partial charge in [0.05, 0.1) is 19.3 Å². The van der Waals surface area contributed by atoms with Crippen LogP contribution in [0, 0.1) is 5.92 Å². The van der Waals surface area contributed by atoms with Crippen molar-refractivity contribution in [2.75, 3.05) is 26.3 Å². The van der Waals surface area contributed by atoms with Crippen LogP contribution < -0.4 is 0 Å². The smallest absolute Gasteiger partial charge is 0.248 e. The van der Waals surface area contributed by atoms with E-state index in [1.165, 1.54) is 12.8 Å². The largest absolute Gasteiger partial charge is 0.368 e. The molecule has 0 spiro atoms. The Morgan fingerprint density at radius 2 is 2.33 bits per heavy atom. The SMILES string of the molecule is CCn1cnnc1C1CN(C(=O)COC2CCCC(C)C2)CCO1. The summed E-state index contributed by atoms with van der Waals surface area (Å²) in [6, 6.07) is 0. The molecule has 7 heteroatoms. The van der Waals surface area contributed by atoms with E-state index >= 15 is 0 Å². The van der Waals surface area contributed by atoms with Gasteiger partial charge in [-0.15, -0.1) is 10.2 Å². The molecule has 1 aliphatic carbocycles. The van der Waals surface area contributed by atoms with E-state index in [4.69, 9.17) is 9.47 Å². The number of aryl methyl sites for hydroxylation is 1. The molecule has 0 radical (unpaired) electrons. The van der Waals surface area contributed by atoms with Crippen LogP contribution in [0.3, 0.4) is 0 Å². The van der Waals surface area contributed by atoms with Gasteiger partial charge in [-0.2, -0.15) is 0 Å². The van der Waals surface area contributed by atoms with Gasteiger partial charge in [0.1, 0.15) is 19.0 Å². The number of morpholine rings is 1. The molecule has 134 valence electrons. The number of carbonyl (C=O) groups is 1. The molecule has 2 fully saturated rings. The van der Waals surface area contributed by atoms with Gasteiger partial charge in [0.2, 0.25) is 5.91 Å². The molecule has 1 aromatic heterocycles. The third-order valence-corrected chi connectivity index (χ3v) is 5.02. The molecule has 0 N–H and O–H groups in total. The molecule has 7 nitrogen and oxygen atoms in total. The van der Waals surface area contributed by atoms with E-state index in [0.717, 1.165) is 25.2 Å². The fraction of sp³-hybridized carbons (Fsp3) is 0.824. The molecule has 1 saturated heterocycles. The third-order valence-electron chi connectivity index (χ3n) is 5.02. The fourth-order valence-electron chi connectivity index (χ4n) is 3.60. The second-order valence-electron chi connectivity index (χ2n) is 6.88. The van der Waals surface area contributed by atoms with Crippen molar-refractivity contribution in [2.45, 2.75) is 58.3 Å². The van der Waals surface area contributed by atoms with Gasteiger partial charge >= 0.3 is 0 Å². The van der Waals surface area contributed by atoms with Crippen LogP contribution in [0.25, 0.3) is 0 Å². The quantitative estimate of drug-likeness (QED) is 0.820. The molecule has 24 heavy (non-hydrogen) atoms. The number of amides is 1. The lowest BCUT2D eigenvalue weighted by Crippen LogP contribution is -2.45. The van der Waals surface area contributed by atoms with Crippen LogP contribution in [0.1, 0.15) is 51.5 Å². The highest BCUT2D eigenvalue weighted by molar-refractivity contribution is 5.77. The van der Waals surface area contributed by atoms with Crippen LogP contribution in [0.4, 0.5) is 0 Å². The molecule has 2 heterocycles. The molecule has 1 aliphatic heterocycles. The molecule has 2 aliphatic rings. The maximum atomic E-state index is 12.5. The lowest BCUT2D eigenvalue weighted by Gasteiger charge is -2.33. The van der Waals surface area contributed by atoms with Gasteiger partial charge in [0.25, 0.3) is 0 Å². The van der Waals surface area contributed by atoms with E-state index in [-0.39, 0.29) is 24.7 Å². The van der Waals surface area contributed by atoms with E-state index in [1.807, 2.05) is 16.4 Å². The molecule has 3 rings (SSSR count). The summed E-state index contributed by atoms with van der Waals surface area (Å²) < 4.78 is 13.6. The average Bonchev–Trinajstić information content (AvgIpc) is 3.08. The van der Waals surface area contributed by atoms with E-state index in [0.29, 0.717) is 25.6 Å². The van der Waals surface area contributed by atoms with Crippen LogP contribution >= 0.6 is 0 Å². The van der Waals surface area contributed by atoms with Crippen LogP contribution in [0.15, 0.2) is 6.33 Å². The van der Waals surface area contributed by atoms with Crippen molar-refractivity contribution in [3.63, 3.8) is 0 Å². The van der Waals surface area contributed by atoms with E-state index in [9.17, 15) is 4.79 Å². The minimum Gasteiger partial charge on any atom is -0.368 e. The second kappa shape index (κ2) is 8.07. The Morgan fingerprint density at radius 1 is 1.46 bits per heavy atom. The highest BCUT2D eigenvalue weighted by Crippen LogP contribution is 2.26. The molecule has 1 amide bonds. The van der Waals surface area contributed by atoms with Crippen molar-refractivity contribution < 1.29 is 14.3 Å². The van der Waals surface area contributed by atoms with Gasteiger partial charge in [0.15, 0.2) is 5.82 Å². The summed E-state index contributed by atoms with van der Waals surface area (Å²) in [5.41, 5.74) is 0. The molecule has 1 aromatic rings. The normalized spacial score (nSPS) is 28.1. The van der Waals surface area contributed by atoms with Crippen molar-refractivity contribution in [1.82, 2.24) is 19.7 Å². The van der Waals surface area contributed by atoms with E-state index in [2.05, 4.69) is 17.1 Å². The summed E-state index contributed by atoms with van der Waals surface area (Å²) >= 11 is 0. The number of aromatic nitrogens is 3. The fourth-order valence-corrected chi connectivity index (χ4v) is 3.60. The summed E-state index contributed by atoms with van der Waals surface area (Å²) in [6.07, 6.45) is 6.34. The van der Waals surface area contributed by atoms with Crippen molar-refractivity contribution in [1.29, 1.82) is 0 Å². The summed E-state index contributed by atoms with van der Waals surface area (Å²) in [7, 11) is 0. The zero-order valence-corrected chi connectivity index (χ0v) is 14.7. The van der Waals surface area contributed by atoms with Gasteiger partial charge in [-0.25, -0.2) is 0 Å². The Labute approximate surface area is 143 Å². The molecular formula is C17H28N4O3. The summed E-state index contributed by atoms with van der Waals surface area (Å²) in [5, 5.41) is 8.10. The Balaban J connectivity index is 1.51. The summed E-state index contributed by atoms with van der Waals surface area (Å²) in [6.45, 7) is 6.91. The van der Waals surface area contributed by atoms with Crippen molar-refractivity contribution >= 4 is 5.91 Å². The molecule has 3 unspecified atom stereocenters. The van der Waals surface area contributed by atoms with Gasteiger partial charge < -0.3 is 18.9 Å². The van der Waals surface area contributed by atoms with Crippen molar-refractivity contribution in [3.05, 3.63) is 12.2 Å². The Morgan fingerprint density at radius 3 is 3.12 bits per heavy atom. The summed E-state index contributed by atoms with van der Waals surface area (Å²) in [4.78, 5) is 14.3. The number of ether oxygens (including phenoxy) is 2.